The van der Waals surface area contributed by atoms with Gasteiger partial charge in [-0.3, -0.25) is 9.48 Å². The van der Waals surface area contributed by atoms with Crippen LogP contribution in [0.1, 0.15) is 16.1 Å². The SMILES string of the molecule is Cn1ccc(C(=O)c2ccc(F)c(F)c2)n1. The molecule has 0 fully saturated rings. The van der Waals surface area contributed by atoms with Gasteiger partial charge in [-0.25, -0.2) is 8.78 Å². The van der Waals surface area contributed by atoms with Crippen LogP contribution in [0.3, 0.4) is 0 Å². The third-order valence-corrected chi connectivity index (χ3v) is 2.13. The predicted molar refractivity (Wildman–Crippen MR) is 53.0 cm³/mol. The van der Waals surface area contributed by atoms with Crippen LogP contribution in [0.5, 0.6) is 0 Å². The number of aromatic nitrogens is 2. The fourth-order valence-electron chi connectivity index (χ4n) is 1.32. The van der Waals surface area contributed by atoms with Crippen molar-refractivity contribution >= 4 is 5.78 Å². The van der Waals surface area contributed by atoms with Gasteiger partial charge in [-0.05, 0) is 24.3 Å². The van der Waals surface area contributed by atoms with Gasteiger partial charge in [0.05, 0.1) is 0 Å². The van der Waals surface area contributed by atoms with Crippen molar-refractivity contribution < 1.29 is 13.6 Å². The second kappa shape index (κ2) is 3.84. The summed E-state index contributed by atoms with van der Waals surface area (Å²) < 4.78 is 27.0. The van der Waals surface area contributed by atoms with Gasteiger partial charge in [-0.1, -0.05) is 0 Å². The Hall–Kier alpha value is -2.04. The van der Waals surface area contributed by atoms with Crippen LogP contribution in [0.2, 0.25) is 0 Å². The molecule has 1 aromatic carbocycles. The van der Waals surface area contributed by atoms with E-state index in [9.17, 15) is 13.6 Å². The molecule has 0 N–H and O–H groups in total. The summed E-state index contributed by atoms with van der Waals surface area (Å²) in [5, 5.41) is 3.89. The van der Waals surface area contributed by atoms with E-state index in [4.69, 9.17) is 0 Å². The minimum atomic E-state index is -1.04. The molecule has 0 unspecified atom stereocenters. The Kier molecular flexibility index (Phi) is 2.52. The molecule has 0 spiro atoms. The number of halogens is 2. The standard InChI is InChI=1S/C11H8F2N2O/c1-15-5-4-10(14-15)11(16)7-2-3-8(12)9(13)6-7/h2-6H,1H3. The molecule has 0 aliphatic rings. The molecule has 2 rings (SSSR count). The summed E-state index contributed by atoms with van der Waals surface area (Å²) in [6.45, 7) is 0. The van der Waals surface area contributed by atoms with Crippen molar-refractivity contribution in [3.05, 3.63) is 53.4 Å². The first-order chi connectivity index (χ1) is 7.58. The summed E-state index contributed by atoms with van der Waals surface area (Å²) in [4.78, 5) is 11.8. The van der Waals surface area contributed by atoms with Crippen LogP contribution < -0.4 is 0 Å². The first-order valence-electron chi connectivity index (χ1n) is 4.57. The first-order valence-corrected chi connectivity index (χ1v) is 4.57. The van der Waals surface area contributed by atoms with E-state index in [1.807, 2.05) is 0 Å². The zero-order valence-electron chi connectivity index (χ0n) is 8.45. The average molecular weight is 222 g/mol. The van der Waals surface area contributed by atoms with Crippen LogP contribution in [0, 0.1) is 11.6 Å². The fraction of sp³-hybridized carbons (Fsp3) is 0.0909. The van der Waals surface area contributed by atoms with Crippen molar-refractivity contribution in [1.29, 1.82) is 0 Å². The molecule has 0 saturated heterocycles. The molecule has 3 nitrogen and oxygen atoms in total. The van der Waals surface area contributed by atoms with Crippen LogP contribution in [-0.4, -0.2) is 15.6 Å². The number of carbonyl (C=O) groups excluding carboxylic acids is 1. The van der Waals surface area contributed by atoms with Crippen molar-refractivity contribution in [2.45, 2.75) is 0 Å². The zero-order chi connectivity index (χ0) is 11.7. The van der Waals surface area contributed by atoms with Gasteiger partial charge >= 0.3 is 0 Å². The molecule has 5 heteroatoms. The number of benzene rings is 1. The summed E-state index contributed by atoms with van der Waals surface area (Å²) in [6.07, 6.45) is 1.60. The summed E-state index contributed by atoms with van der Waals surface area (Å²) in [5.74, 6) is -2.45. The average Bonchev–Trinajstić information content (AvgIpc) is 2.68. The fourth-order valence-corrected chi connectivity index (χ4v) is 1.32. The Morgan fingerprint density at radius 3 is 2.56 bits per heavy atom. The summed E-state index contributed by atoms with van der Waals surface area (Å²) in [6, 6.07) is 4.54. The van der Waals surface area contributed by atoms with Gasteiger partial charge in [0.25, 0.3) is 0 Å². The van der Waals surface area contributed by atoms with Gasteiger partial charge in [0.15, 0.2) is 11.6 Å². The molecule has 1 aromatic heterocycles. The number of rotatable bonds is 2. The highest BCUT2D eigenvalue weighted by atomic mass is 19.2. The van der Waals surface area contributed by atoms with Crippen LogP contribution in [0.15, 0.2) is 30.5 Å². The number of nitrogens with zero attached hydrogens (tertiary/aromatic N) is 2. The van der Waals surface area contributed by atoms with E-state index < -0.39 is 17.4 Å². The molecular weight excluding hydrogens is 214 g/mol. The van der Waals surface area contributed by atoms with E-state index in [2.05, 4.69) is 5.10 Å². The van der Waals surface area contributed by atoms with Gasteiger partial charge in [0.1, 0.15) is 5.69 Å². The molecular formula is C11H8F2N2O. The maximum Gasteiger partial charge on any atom is 0.213 e. The second-order valence-corrected chi connectivity index (χ2v) is 3.33. The van der Waals surface area contributed by atoms with Gasteiger partial charge in [-0.2, -0.15) is 5.10 Å². The summed E-state index contributed by atoms with van der Waals surface area (Å²) in [5.41, 5.74) is 0.283. The minimum Gasteiger partial charge on any atom is -0.287 e. The minimum absolute atomic E-state index is 0.0811. The molecule has 0 bridgehead atoms. The van der Waals surface area contributed by atoms with Crippen molar-refractivity contribution in [3.8, 4) is 0 Å². The van der Waals surface area contributed by atoms with Gasteiger partial charge < -0.3 is 0 Å². The smallest absolute Gasteiger partial charge is 0.213 e. The second-order valence-electron chi connectivity index (χ2n) is 3.33. The molecule has 82 valence electrons. The Morgan fingerprint density at radius 2 is 2.00 bits per heavy atom. The van der Waals surface area contributed by atoms with Crippen molar-refractivity contribution in [1.82, 2.24) is 9.78 Å². The number of carbonyl (C=O) groups is 1. The van der Waals surface area contributed by atoms with Crippen LogP contribution in [-0.2, 0) is 7.05 Å². The van der Waals surface area contributed by atoms with E-state index in [0.717, 1.165) is 12.1 Å². The monoisotopic (exact) mass is 222 g/mol. The molecule has 0 aliphatic heterocycles. The highest BCUT2D eigenvalue weighted by molar-refractivity contribution is 6.07. The molecule has 0 amide bonds. The van der Waals surface area contributed by atoms with E-state index in [1.54, 1.807) is 13.2 Å². The Morgan fingerprint density at radius 1 is 1.25 bits per heavy atom. The van der Waals surface area contributed by atoms with Crippen molar-refractivity contribution in [2.75, 3.05) is 0 Å². The Balaban J connectivity index is 2.38. The number of ketones is 1. The topological polar surface area (TPSA) is 34.9 Å². The van der Waals surface area contributed by atoms with E-state index in [0.29, 0.717) is 0 Å². The van der Waals surface area contributed by atoms with E-state index in [-0.39, 0.29) is 11.3 Å². The molecule has 0 radical (unpaired) electrons. The molecule has 0 saturated carbocycles. The Bertz CT molecular complexity index is 549. The van der Waals surface area contributed by atoms with Crippen molar-refractivity contribution in [2.24, 2.45) is 7.05 Å². The van der Waals surface area contributed by atoms with Crippen LogP contribution in [0.25, 0.3) is 0 Å². The molecule has 0 atom stereocenters. The van der Waals surface area contributed by atoms with Gasteiger partial charge in [0, 0.05) is 18.8 Å². The van der Waals surface area contributed by atoms with E-state index in [1.165, 1.54) is 16.8 Å². The van der Waals surface area contributed by atoms with Crippen molar-refractivity contribution in [3.63, 3.8) is 0 Å². The predicted octanol–water partition coefficient (Wildman–Crippen LogP) is 1.93. The summed E-state index contributed by atoms with van der Waals surface area (Å²) in [7, 11) is 1.67. The third-order valence-electron chi connectivity index (χ3n) is 2.13. The number of hydrogen-bond donors (Lipinski definition) is 0. The highest BCUT2D eigenvalue weighted by Gasteiger charge is 2.13. The lowest BCUT2D eigenvalue weighted by Gasteiger charge is -1.98. The molecule has 16 heavy (non-hydrogen) atoms. The third kappa shape index (κ3) is 1.84. The lowest BCUT2D eigenvalue weighted by atomic mass is 10.1. The molecule has 0 aliphatic carbocycles. The maximum absolute atomic E-state index is 12.9. The van der Waals surface area contributed by atoms with Gasteiger partial charge in [-0.15, -0.1) is 0 Å². The van der Waals surface area contributed by atoms with Crippen LogP contribution >= 0.6 is 0 Å². The number of hydrogen-bond acceptors (Lipinski definition) is 2. The zero-order valence-corrected chi connectivity index (χ0v) is 8.45. The Labute approximate surface area is 90.3 Å². The van der Waals surface area contributed by atoms with Gasteiger partial charge in [0.2, 0.25) is 5.78 Å². The van der Waals surface area contributed by atoms with E-state index >= 15 is 0 Å². The molecule has 1 heterocycles. The molecule has 2 aromatic rings. The van der Waals surface area contributed by atoms with Crippen LogP contribution in [0.4, 0.5) is 8.78 Å². The highest BCUT2D eigenvalue weighted by Crippen LogP contribution is 2.12. The largest absolute Gasteiger partial charge is 0.287 e. The lowest BCUT2D eigenvalue weighted by Crippen LogP contribution is -2.04. The maximum atomic E-state index is 12.9. The lowest BCUT2D eigenvalue weighted by molar-refractivity contribution is 0.103. The quantitative estimate of drug-likeness (QED) is 0.728. The first kappa shape index (κ1) is 10.5. The summed E-state index contributed by atoms with van der Waals surface area (Å²) >= 11 is 0. The normalized spacial score (nSPS) is 10.4. The number of aryl methyl sites for hydroxylation is 1.